The number of hydrogen-bond acceptors (Lipinski definition) is 6. The highest BCUT2D eigenvalue weighted by Crippen LogP contribution is 2.32. The van der Waals surface area contributed by atoms with Crippen molar-refractivity contribution in [1.82, 2.24) is 20.3 Å². The van der Waals surface area contributed by atoms with Gasteiger partial charge in [-0.1, -0.05) is 36.3 Å². The summed E-state index contributed by atoms with van der Waals surface area (Å²) in [6.45, 7) is 1.41. The Morgan fingerprint density at radius 3 is 2.50 bits per heavy atom. The molecule has 1 fully saturated rings. The first kappa shape index (κ1) is 23.9. The smallest absolute Gasteiger partial charge is 0.249 e. The first-order valence-electron chi connectivity index (χ1n) is 12.1. The van der Waals surface area contributed by atoms with Gasteiger partial charge in [-0.25, -0.2) is 4.68 Å². The molecule has 0 aliphatic heterocycles. The fourth-order valence-electron chi connectivity index (χ4n) is 4.70. The number of anilines is 1. The summed E-state index contributed by atoms with van der Waals surface area (Å²) in [6, 6.07) is 17.2. The van der Waals surface area contributed by atoms with Crippen LogP contribution in [-0.4, -0.2) is 38.6 Å². The van der Waals surface area contributed by atoms with Crippen LogP contribution in [0.15, 0.2) is 66.0 Å². The predicted octanol–water partition coefficient (Wildman–Crippen LogP) is 4.53. The minimum Gasteiger partial charge on any atom is -0.351 e. The van der Waals surface area contributed by atoms with Crippen LogP contribution in [0.4, 0.5) is 5.69 Å². The van der Waals surface area contributed by atoms with Crippen LogP contribution in [0.2, 0.25) is 0 Å². The second kappa shape index (κ2) is 10.4. The maximum Gasteiger partial charge on any atom is 0.249 e. The van der Waals surface area contributed by atoms with E-state index in [0.717, 1.165) is 36.1 Å². The molecular weight excluding hydrogens is 474 g/mol. The predicted molar refractivity (Wildman–Crippen MR) is 139 cm³/mol. The van der Waals surface area contributed by atoms with E-state index in [1.807, 2.05) is 41.8 Å². The molecule has 1 saturated carbocycles. The third-order valence-corrected chi connectivity index (χ3v) is 7.47. The van der Waals surface area contributed by atoms with Crippen molar-refractivity contribution in [2.24, 2.45) is 0 Å². The number of aromatic nitrogens is 3. The number of ketones is 1. The molecular formula is C27H27N5O3S. The van der Waals surface area contributed by atoms with Crippen LogP contribution in [-0.2, 0) is 16.1 Å². The van der Waals surface area contributed by atoms with E-state index in [1.165, 1.54) is 23.2 Å². The molecule has 8 nitrogen and oxygen atoms in total. The summed E-state index contributed by atoms with van der Waals surface area (Å²) in [5.41, 5.74) is 2.50. The van der Waals surface area contributed by atoms with Gasteiger partial charge in [0.05, 0.1) is 5.52 Å². The SMILES string of the molecule is CC(=O)c1ccc(N(C(=O)Cn2nnc3ccccc32)C(C(=O)NC2CCCC2)c2cccs2)cc1. The van der Waals surface area contributed by atoms with Gasteiger partial charge in [-0.2, -0.15) is 0 Å². The largest absolute Gasteiger partial charge is 0.351 e. The van der Waals surface area contributed by atoms with Crippen LogP contribution in [0, 0.1) is 0 Å². The molecule has 2 aromatic carbocycles. The summed E-state index contributed by atoms with van der Waals surface area (Å²) in [5, 5.41) is 13.4. The van der Waals surface area contributed by atoms with Gasteiger partial charge in [0.25, 0.3) is 0 Å². The highest BCUT2D eigenvalue weighted by atomic mass is 32.1. The molecule has 2 aromatic heterocycles. The quantitative estimate of drug-likeness (QED) is 0.358. The van der Waals surface area contributed by atoms with E-state index in [2.05, 4.69) is 15.6 Å². The molecule has 184 valence electrons. The molecule has 1 unspecified atom stereocenters. The van der Waals surface area contributed by atoms with Gasteiger partial charge in [-0.05, 0) is 67.6 Å². The zero-order valence-electron chi connectivity index (χ0n) is 20.0. The minimum atomic E-state index is -0.851. The average molecular weight is 502 g/mol. The van der Waals surface area contributed by atoms with E-state index in [0.29, 0.717) is 16.8 Å². The van der Waals surface area contributed by atoms with Crippen molar-refractivity contribution in [2.75, 3.05) is 4.90 Å². The fraction of sp³-hybridized carbons (Fsp3) is 0.296. The number of nitrogens with one attached hydrogen (secondary N) is 1. The van der Waals surface area contributed by atoms with Crippen molar-refractivity contribution in [3.05, 3.63) is 76.5 Å². The number of fused-ring (bicyclic) bond motifs is 1. The summed E-state index contributed by atoms with van der Waals surface area (Å²) in [5.74, 6) is -0.583. The summed E-state index contributed by atoms with van der Waals surface area (Å²) in [7, 11) is 0. The topological polar surface area (TPSA) is 97.2 Å². The zero-order valence-corrected chi connectivity index (χ0v) is 20.8. The second-order valence-electron chi connectivity index (χ2n) is 9.01. The highest BCUT2D eigenvalue weighted by Gasteiger charge is 2.35. The number of benzene rings is 2. The second-order valence-corrected chi connectivity index (χ2v) is 9.99. The molecule has 4 aromatic rings. The Labute approximate surface area is 212 Å². The van der Waals surface area contributed by atoms with Crippen LogP contribution in [0.3, 0.4) is 0 Å². The van der Waals surface area contributed by atoms with E-state index in [1.54, 1.807) is 28.9 Å². The molecule has 1 aliphatic carbocycles. The number of para-hydroxylation sites is 1. The highest BCUT2D eigenvalue weighted by molar-refractivity contribution is 7.10. The van der Waals surface area contributed by atoms with Crippen molar-refractivity contribution >= 4 is 45.7 Å². The van der Waals surface area contributed by atoms with Crippen molar-refractivity contribution < 1.29 is 14.4 Å². The van der Waals surface area contributed by atoms with Crippen LogP contribution >= 0.6 is 11.3 Å². The van der Waals surface area contributed by atoms with Gasteiger partial charge in [0.2, 0.25) is 11.8 Å². The van der Waals surface area contributed by atoms with Crippen molar-refractivity contribution in [3.63, 3.8) is 0 Å². The Kier molecular flexibility index (Phi) is 6.90. The van der Waals surface area contributed by atoms with Gasteiger partial charge in [0.1, 0.15) is 18.1 Å². The first-order chi connectivity index (χ1) is 17.5. The minimum absolute atomic E-state index is 0.0673. The van der Waals surface area contributed by atoms with E-state index >= 15 is 0 Å². The number of hydrogen-bond donors (Lipinski definition) is 1. The van der Waals surface area contributed by atoms with Crippen LogP contribution < -0.4 is 10.2 Å². The van der Waals surface area contributed by atoms with Crippen LogP contribution in [0.1, 0.15) is 53.9 Å². The lowest BCUT2D eigenvalue weighted by Crippen LogP contribution is -2.47. The first-order valence-corrected chi connectivity index (χ1v) is 12.9. The molecule has 2 heterocycles. The van der Waals surface area contributed by atoms with Crippen molar-refractivity contribution in [3.8, 4) is 0 Å². The Balaban J connectivity index is 1.54. The van der Waals surface area contributed by atoms with Gasteiger partial charge in [-0.3, -0.25) is 19.3 Å². The number of carbonyl (C=O) groups excluding carboxylic acids is 3. The standard InChI is InChI=1S/C27H27N5O3S/c1-18(33)19-12-14-21(15-13-19)32(25(34)17-31-23-10-5-4-9-22(23)29-30-31)26(24-11-6-16-36-24)27(35)28-20-7-2-3-8-20/h4-6,9-16,20,26H,2-3,7-8,17H2,1H3,(H,28,35). The maximum atomic E-state index is 13.9. The molecule has 0 saturated heterocycles. The normalized spacial score (nSPS) is 14.6. The Morgan fingerprint density at radius 1 is 1.06 bits per heavy atom. The van der Waals surface area contributed by atoms with E-state index in [9.17, 15) is 14.4 Å². The lowest BCUT2D eigenvalue weighted by atomic mass is 10.1. The molecule has 36 heavy (non-hydrogen) atoms. The van der Waals surface area contributed by atoms with Crippen LogP contribution in [0.25, 0.3) is 11.0 Å². The summed E-state index contributed by atoms with van der Waals surface area (Å²) in [6.07, 6.45) is 4.05. The molecule has 0 radical (unpaired) electrons. The Bertz CT molecular complexity index is 1370. The van der Waals surface area contributed by atoms with Gasteiger partial charge in [0, 0.05) is 22.2 Å². The number of Topliss-reactive ketones (excluding diaryl/α,β-unsaturated/α-hetero) is 1. The van der Waals surface area contributed by atoms with Crippen LogP contribution in [0.5, 0.6) is 0 Å². The fourth-order valence-corrected chi connectivity index (χ4v) is 5.52. The lowest BCUT2D eigenvalue weighted by molar-refractivity contribution is -0.127. The average Bonchev–Trinajstić information content (AvgIpc) is 3.66. The number of rotatable bonds is 8. The Hall–Kier alpha value is -3.85. The van der Waals surface area contributed by atoms with Gasteiger partial charge >= 0.3 is 0 Å². The molecule has 1 N–H and O–H groups in total. The maximum absolute atomic E-state index is 13.9. The summed E-state index contributed by atoms with van der Waals surface area (Å²) < 4.78 is 1.55. The summed E-state index contributed by atoms with van der Waals surface area (Å²) in [4.78, 5) is 41.8. The summed E-state index contributed by atoms with van der Waals surface area (Å²) >= 11 is 1.43. The molecule has 0 bridgehead atoms. The van der Waals surface area contributed by atoms with Gasteiger partial charge in [-0.15, -0.1) is 16.4 Å². The lowest BCUT2D eigenvalue weighted by Gasteiger charge is -2.31. The number of amides is 2. The van der Waals surface area contributed by atoms with Crippen molar-refractivity contribution in [1.29, 1.82) is 0 Å². The van der Waals surface area contributed by atoms with E-state index < -0.39 is 6.04 Å². The third kappa shape index (κ3) is 4.92. The number of carbonyl (C=O) groups is 3. The van der Waals surface area contributed by atoms with Gasteiger partial charge in [0.15, 0.2) is 5.78 Å². The van der Waals surface area contributed by atoms with Crippen molar-refractivity contribution in [2.45, 2.75) is 51.2 Å². The third-order valence-electron chi connectivity index (χ3n) is 6.55. The number of nitrogens with zero attached hydrogens (tertiary/aromatic N) is 4. The zero-order chi connectivity index (χ0) is 25.1. The van der Waals surface area contributed by atoms with E-state index in [-0.39, 0.29) is 30.2 Å². The monoisotopic (exact) mass is 501 g/mol. The Morgan fingerprint density at radius 2 is 1.81 bits per heavy atom. The molecule has 1 atom stereocenters. The molecule has 0 spiro atoms. The molecule has 9 heteroatoms. The van der Waals surface area contributed by atoms with E-state index in [4.69, 9.17) is 0 Å². The molecule has 1 aliphatic rings. The molecule has 2 amide bonds. The van der Waals surface area contributed by atoms with Gasteiger partial charge < -0.3 is 5.32 Å². The number of thiophene rings is 1. The molecule has 5 rings (SSSR count).